The Morgan fingerprint density at radius 1 is 1.31 bits per heavy atom. The molecule has 2 aliphatic rings. The van der Waals surface area contributed by atoms with E-state index in [1.54, 1.807) is 57.1 Å². The first-order valence-corrected chi connectivity index (χ1v) is 10.8. The van der Waals surface area contributed by atoms with Crippen molar-refractivity contribution in [1.29, 1.82) is 5.26 Å². The van der Waals surface area contributed by atoms with Crippen molar-refractivity contribution in [3.05, 3.63) is 30.1 Å². The van der Waals surface area contributed by atoms with Crippen LogP contribution in [-0.4, -0.2) is 38.3 Å². The number of nitrogens with zero attached hydrogens (tertiary/aromatic N) is 5. The quantitative estimate of drug-likeness (QED) is 0.713. The normalized spacial score (nSPS) is 23.2. The number of nitriles is 1. The third kappa shape index (κ3) is 3.93. The summed E-state index contributed by atoms with van der Waals surface area (Å²) in [6.45, 7) is 7.39. The van der Waals surface area contributed by atoms with E-state index >= 15 is 0 Å². The van der Waals surface area contributed by atoms with Gasteiger partial charge in [0.15, 0.2) is 5.82 Å². The molecule has 1 N–H and O–H groups in total. The van der Waals surface area contributed by atoms with E-state index in [1.807, 2.05) is 6.92 Å². The first kappa shape index (κ1) is 21.8. The molecule has 9 nitrogen and oxygen atoms in total. The van der Waals surface area contributed by atoms with Gasteiger partial charge in [-0.05, 0) is 58.9 Å². The van der Waals surface area contributed by atoms with Gasteiger partial charge >= 0.3 is 5.97 Å². The molecule has 9 heteroatoms. The van der Waals surface area contributed by atoms with Gasteiger partial charge in [-0.25, -0.2) is 9.78 Å². The number of hydrogen-bond acceptors (Lipinski definition) is 7. The maximum atomic E-state index is 13.3. The summed E-state index contributed by atoms with van der Waals surface area (Å²) < 4.78 is 6.87. The monoisotopic (exact) mass is 436 g/mol. The number of aryl methyl sites for hydroxylation is 1. The zero-order chi connectivity index (χ0) is 23.3. The van der Waals surface area contributed by atoms with Gasteiger partial charge < -0.3 is 15.0 Å². The Hall–Kier alpha value is -3.41. The summed E-state index contributed by atoms with van der Waals surface area (Å²) in [5.41, 5.74) is -0.533. The number of amides is 1. The lowest BCUT2D eigenvalue weighted by molar-refractivity contribution is -0.123. The molecule has 1 saturated carbocycles. The van der Waals surface area contributed by atoms with Crippen molar-refractivity contribution in [1.82, 2.24) is 14.8 Å². The van der Waals surface area contributed by atoms with Gasteiger partial charge in [0.05, 0.1) is 6.07 Å². The first-order valence-electron chi connectivity index (χ1n) is 10.8. The molecular formula is C23H28N6O3. The number of carbonyl (C=O) groups is 2. The van der Waals surface area contributed by atoms with Crippen LogP contribution in [0.5, 0.6) is 0 Å². The van der Waals surface area contributed by atoms with Crippen molar-refractivity contribution in [3.8, 4) is 6.07 Å². The topological polar surface area (TPSA) is 113 Å². The number of carbonyl (C=O) groups excluding carboxylic acids is 2. The molecule has 4 rings (SSSR count). The van der Waals surface area contributed by atoms with Crippen LogP contribution in [-0.2, 0) is 16.6 Å². The van der Waals surface area contributed by atoms with Gasteiger partial charge in [-0.1, -0.05) is 0 Å². The van der Waals surface area contributed by atoms with Crippen molar-refractivity contribution in [2.45, 2.75) is 58.6 Å². The van der Waals surface area contributed by atoms with Gasteiger partial charge in [0, 0.05) is 37.1 Å². The third-order valence-corrected chi connectivity index (χ3v) is 5.90. The molecule has 1 aliphatic carbocycles. The summed E-state index contributed by atoms with van der Waals surface area (Å²) in [6.07, 6.45) is 4.02. The Morgan fingerprint density at radius 3 is 2.66 bits per heavy atom. The molecule has 3 heterocycles. The number of ether oxygens (including phenoxy) is 1. The molecule has 168 valence electrons. The second-order valence-electron chi connectivity index (χ2n) is 9.65. The van der Waals surface area contributed by atoms with E-state index < -0.39 is 17.0 Å². The SMILES string of the molecule is C[C@@H]1C[C@@](C#N)(C2CC2)C(=O)N1c1ccnc(Nc2cc(C(=O)OC(C)(C)C)n(C)n2)c1. The van der Waals surface area contributed by atoms with Gasteiger partial charge in [0.2, 0.25) is 5.91 Å². The van der Waals surface area contributed by atoms with E-state index in [1.165, 1.54) is 4.68 Å². The van der Waals surface area contributed by atoms with Crippen LogP contribution >= 0.6 is 0 Å². The van der Waals surface area contributed by atoms with Crippen molar-refractivity contribution in [3.63, 3.8) is 0 Å². The number of pyridine rings is 1. The Balaban J connectivity index is 1.55. The molecule has 32 heavy (non-hydrogen) atoms. The lowest BCUT2D eigenvalue weighted by atomic mass is 9.81. The molecule has 2 atom stereocenters. The van der Waals surface area contributed by atoms with Gasteiger partial charge in [0.1, 0.15) is 22.5 Å². The fraction of sp³-hybridized carbons (Fsp3) is 0.522. The lowest BCUT2D eigenvalue weighted by Crippen LogP contribution is -2.36. The zero-order valence-electron chi connectivity index (χ0n) is 19.0. The summed E-state index contributed by atoms with van der Waals surface area (Å²) in [6, 6.07) is 7.38. The number of anilines is 3. The average Bonchev–Trinajstić information content (AvgIpc) is 3.43. The molecule has 2 fully saturated rings. The number of nitrogens with one attached hydrogen (secondary N) is 1. The maximum absolute atomic E-state index is 13.3. The average molecular weight is 437 g/mol. The fourth-order valence-corrected chi connectivity index (χ4v) is 4.35. The van der Waals surface area contributed by atoms with Crippen molar-refractivity contribution in [2.24, 2.45) is 18.4 Å². The molecule has 0 spiro atoms. The molecule has 0 bridgehead atoms. The highest BCUT2D eigenvalue weighted by atomic mass is 16.6. The van der Waals surface area contributed by atoms with E-state index in [0.717, 1.165) is 12.8 Å². The van der Waals surface area contributed by atoms with Crippen molar-refractivity contribution >= 4 is 29.2 Å². The van der Waals surface area contributed by atoms with Gasteiger partial charge in [0.25, 0.3) is 0 Å². The molecule has 1 aliphatic heterocycles. The highest BCUT2D eigenvalue weighted by Gasteiger charge is 2.59. The lowest BCUT2D eigenvalue weighted by Gasteiger charge is -2.23. The van der Waals surface area contributed by atoms with E-state index in [2.05, 4.69) is 21.5 Å². The van der Waals surface area contributed by atoms with Crippen LogP contribution in [0.2, 0.25) is 0 Å². The zero-order valence-corrected chi connectivity index (χ0v) is 19.0. The summed E-state index contributed by atoms with van der Waals surface area (Å²) in [5.74, 6) is 0.482. The van der Waals surface area contributed by atoms with Crippen molar-refractivity contribution < 1.29 is 14.3 Å². The van der Waals surface area contributed by atoms with E-state index in [4.69, 9.17) is 4.74 Å². The minimum Gasteiger partial charge on any atom is -0.455 e. The highest BCUT2D eigenvalue weighted by molar-refractivity contribution is 6.03. The maximum Gasteiger partial charge on any atom is 0.357 e. The van der Waals surface area contributed by atoms with Gasteiger partial charge in [-0.2, -0.15) is 10.4 Å². The van der Waals surface area contributed by atoms with Gasteiger partial charge in [-0.15, -0.1) is 0 Å². The largest absolute Gasteiger partial charge is 0.455 e. The Morgan fingerprint density at radius 2 is 2.03 bits per heavy atom. The van der Waals surface area contributed by atoms with Crippen LogP contribution in [0, 0.1) is 22.7 Å². The predicted octanol–water partition coefficient (Wildman–Crippen LogP) is 3.56. The highest BCUT2D eigenvalue weighted by Crippen LogP contribution is 2.53. The van der Waals surface area contributed by atoms with Crippen LogP contribution in [0.15, 0.2) is 24.4 Å². The number of hydrogen-bond donors (Lipinski definition) is 1. The molecule has 1 amide bonds. The summed E-state index contributed by atoms with van der Waals surface area (Å²) in [5, 5.41) is 17.2. The first-order chi connectivity index (χ1) is 15.0. The molecule has 0 radical (unpaired) electrons. The van der Waals surface area contributed by atoms with Gasteiger partial charge in [-0.3, -0.25) is 9.48 Å². The second kappa shape index (κ2) is 7.62. The Kier molecular flexibility index (Phi) is 5.19. The predicted molar refractivity (Wildman–Crippen MR) is 118 cm³/mol. The van der Waals surface area contributed by atoms with E-state index in [0.29, 0.717) is 29.4 Å². The second-order valence-corrected chi connectivity index (χ2v) is 9.65. The van der Waals surface area contributed by atoms with Crippen LogP contribution in [0.1, 0.15) is 57.4 Å². The van der Waals surface area contributed by atoms with E-state index in [9.17, 15) is 14.9 Å². The van der Waals surface area contributed by atoms with Crippen LogP contribution in [0.3, 0.4) is 0 Å². The summed E-state index contributed by atoms with van der Waals surface area (Å²) >= 11 is 0. The van der Waals surface area contributed by atoms with Crippen molar-refractivity contribution in [2.75, 3.05) is 10.2 Å². The summed E-state index contributed by atoms with van der Waals surface area (Å²) in [4.78, 5) is 31.7. The molecule has 1 saturated heterocycles. The number of esters is 1. The molecule has 2 aromatic heterocycles. The summed E-state index contributed by atoms with van der Waals surface area (Å²) in [7, 11) is 1.66. The molecule has 2 aromatic rings. The Labute approximate surface area is 187 Å². The van der Waals surface area contributed by atoms with E-state index in [-0.39, 0.29) is 17.9 Å². The fourth-order valence-electron chi connectivity index (χ4n) is 4.35. The standard InChI is InChI=1S/C23H28N6O3/c1-14-12-23(13-24,15-6-7-15)21(31)29(14)16-8-9-25-18(10-16)26-19-11-17(28(5)27-19)20(30)32-22(2,3)4/h8-11,14-15H,6-7,12H2,1-5H3,(H,25,26,27)/t14-,23-/m1/s1. The minimum absolute atomic E-state index is 0.0772. The van der Waals surface area contributed by atoms with Crippen LogP contribution in [0.4, 0.5) is 17.3 Å². The smallest absolute Gasteiger partial charge is 0.357 e. The van der Waals surface area contributed by atoms with Crippen LogP contribution in [0.25, 0.3) is 0 Å². The number of rotatable bonds is 5. The molecule has 0 unspecified atom stereocenters. The van der Waals surface area contributed by atoms with Crippen LogP contribution < -0.4 is 10.2 Å². The number of aromatic nitrogens is 3. The Bertz CT molecular complexity index is 1110. The third-order valence-electron chi connectivity index (χ3n) is 5.90. The minimum atomic E-state index is -0.917. The molecular weight excluding hydrogens is 408 g/mol. The molecule has 0 aromatic carbocycles.